The highest BCUT2D eigenvalue weighted by Crippen LogP contribution is 2.18. The molecule has 1 N–H and O–H groups in total. The standard InChI is InChI=1S/C20H25N3O2/c1-15-6-8-16(9-7-15)18(23(2)3)14-22-20(25)11-10-19(24)17-5-4-12-21-13-17/h4-9,12-13,18H,10-11,14H2,1-3H3,(H,22,25). The molecular weight excluding hydrogens is 314 g/mol. The number of amides is 1. The molecule has 0 radical (unpaired) electrons. The highest BCUT2D eigenvalue weighted by molar-refractivity contribution is 5.97. The van der Waals surface area contributed by atoms with Crippen LogP contribution in [-0.2, 0) is 4.79 Å². The van der Waals surface area contributed by atoms with E-state index in [2.05, 4.69) is 46.4 Å². The minimum absolute atomic E-state index is 0.0639. The summed E-state index contributed by atoms with van der Waals surface area (Å²) in [6.45, 7) is 2.56. The Balaban J connectivity index is 1.85. The second kappa shape index (κ2) is 9.08. The second-order valence-electron chi connectivity index (χ2n) is 6.36. The molecule has 0 aliphatic heterocycles. The van der Waals surface area contributed by atoms with E-state index in [-0.39, 0.29) is 30.6 Å². The molecule has 0 saturated carbocycles. The molecule has 1 amide bonds. The van der Waals surface area contributed by atoms with Gasteiger partial charge in [0.25, 0.3) is 0 Å². The third-order valence-electron chi connectivity index (χ3n) is 4.14. The lowest BCUT2D eigenvalue weighted by Gasteiger charge is -2.25. The fraction of sp³-hybridized carbons (Fsp3) is 0.350. The lowest BCUT2D eigenvalue weighted by molar-refractivity contribution is -0.121. The van der Waals surface area contributed by atoms with Gasteiger partial charge < -0.3 is 10.2 Å². The van der Waals surface area contributed by atoms with Crippen molar-refractivity contribution < 1.29 is 9.59 Å². The summed E-state index contributed by atoms with van der Waals surface area (Å²) in [6.07, 6.45) is 3.52. The number of rotatable bonds is 8. The molecule has 5 heteroatoms. The molecule has 0 spiro atoms. The van der Waals surface area contributed by atoms with Gasteiger partial charge in [-0.05, 0) is 38.7 Å². The average Bonchev–Trinajstić information content (AvgIpc) is 2.61. The fourth-order valence-corrected chi connectivity index (χ4v) is 2.59. The van der Waals surface area contributed by atoms with Gasteiger partial charge in [-0.3, -0.25) is 14.6 Å². The maximum absolute atomic E-state index is 12.1. The highest BCUT2D eigenvalue weighted by Gasteiger charge is 2.16. The topological polar surface area (TPSA) is 62.3 Å². The summed E-state index contributed by atoms with van der Waals surface area (Å²) in [6, 6.07) is 11.8. The summed E-state index contributed by atoms with van der Waals surface area (Å²) in [5.41, 5.74) is 2.91. The first-order valence-corrected chi connectivity index (χ1v) is 8.40. The number of aryl methyl sites for hydroxylation is 1. The predicted octanol–water partition coefficient (Wildman–Crippen LogP) is 2.77. The Bertz CT molecular complexity index is 697. The van der Waals surface area contributed by atoms with Crippen molar-refractivity contribution >= 4 is 11.7 Å². The van der Waals surface area contributed by atoms with Crippen LogP contribution < -0.4 is 5.32 Å². The number of aromatic nitrogens is 1. The number of carbonyl (C=O) groups excluding carboxylic acids is 2. The lowest BCUT2D eigenvalue weighted by atomic mass is 10.0. The number of likely N-dealkylation sites (N-methyl/N-ethyl adjacent to an activating group) is 1. The molecule has 1 aromatic heterocycles. The zero-order valence-electron chi connectivity index (χ0n) is 15.0. The van der Waals surface area contributed by atoms with Crippen molar-refractivity contribution in [2.75, 3.05) is 20.6 Å². The number of benzene rings is 1. The number of hydrogen-bond donors (Lipinski definition) is 1. The van der Waals surface area contributed by atoms with Gasteiger partial charge in [0.15, 0.2) is 5.78 Å². The smallest absolute Gasteiger partial charge is 0.220 e. The van der Waals surface area contributed by atoms with Crippen molar-refractivity contribution in [2.45, 2.75) is 25.8 Å². The molecule has 1 atom stereocenters. The number of hydrogen-bond acceptors (Lipinski definition) is 4. The summed E-state index contributed by atoms with van der Waals surface area (Å²) in [5.74, 6) is -0.179. The molecule has 0 aliphatic rings. The molecule has 0 bridgehead atoms. The van der Waals surface area contributed by atoms with Gasteiger partial charge in [-0.15, -0.1) is 0 Å². The van der Waals surface area contributed by atoms with Crippen LogP contribution in [0.1, 0.15) is 40.4 Å². The van der Waals surface area contributed by atoms with Crippen molar-refractivity contribution in [1.29, 1.82) is 0 Å². The monoisotopic (exact) mass is 339 g/mol. The van der Waals surface area contributed by atoms with E-state index in [1.165, 1.54) is 11.8 Å². The van der Waals surface area contributed by atoms with E-state index in [1.807, 2.05) is 14.1 Å². The zero-order chi connectivity index (χ0) is 18.2. The average molecular weight is 339 g/mol. The lowest BCUT2D eigenvalue weighted by Crippen LogP contribution is -2.34. The molecule has 0 fully saturated rings. The summed E-state index contributed by atoms with van der Waals surface area (Å²) in [5, 5.41) is 2.94. The number of carbonyl (C=O) groups is 2. The van der Waals surface area contributed by atoms with Crippen molar-refractivity contribution in [2.24, 2.45) is 0 Å². The molecule has 1 unspecified atom stereocenters. The normalized spacial score (nSPS) is 12.0. The van der Waals surface area contributed by atoms with E-state index in [9.17, 15) is 9.59 Å². The number of nitrogens with zero attached hydrogens (tertiary/aromatic N) is 2. The highest BCUT2D eigenvalue weighted by atomic mass is 16.2. The molecule has 2 rings (SSSR count). The summed E-state index contributed by atoms with van der Waals surface area (Å²) in [4.78, 5) is 30.1. The van der Waals surface area contributed by atoms with Gasteiger partial charge in [0.05, 0.1) is 6.04 Å². The van der Waals surface area contributed by atoms with Crippen molar-refractivity contribution in [3.63, 3.8) is 0 Å². The van der Waals surface area contributed by atoms with Crippen LogP contribution in [0.5, 0.6) is 0 Å². The van der Waals surface area contributed by atoms with Crippen LogP contribution in [0.3, 0.4) is 0 Å². The number of ketones is 1. The largest absolute Gasteiger partial charge is 0.354 e. The van der Waals surface area contributed by atoms with E-state index in [0.29, 0.717) is 12.1 Å². The van der Waals surface area contributed by atoms with Crippen LogP contribution in [0.15, 0.2) is 48.8 Å². The van der Waals surface area contributed by atoms with Gasteiger partial charge in [0.2, 0.25) is 5.91 Å². The molecule has 2 aromatic rings. The van der Waals surface area contributed by atoms with E-state index >= 15 is 0 Å². The van der Waals surface area contributed by atoms with Crippen LogP contribution in [-0.4, -0.2) is 42.2 Å². The Kier molecular flexibility index (Phi) is 6.83. The molecule has 132 valence electrons. The summed E-state index contributed by atoms with van der Waals surface area (Å²) < 4.78 is 0. The minimum Gasteiger partial charge on any atom is -0.354 e. The first kappa shape index (κ1) is 18.8. The van der Waals surface area contributed by atoms with Gasteiger partial charge in [0, 0.05) is 37.3 Å². The van der Waals surface area contributed by atoms with E-state index in [1.54, 1.807) is 18.3 Å². The Labute approximate surface area is 149 Å². The van der Waals surface area contributed by atoms with Crippen LogP contribution in [0.25, 0.3) is 0 Å². The Morgan fingerprint density at radius 1 is 1.12 bits per heavy atom. The van der Waals surface area contributed by atoms with Crippen molar-refractivity contribution in [3.8, 4) is 0 Å². The summed E-state index contributed by atoms with van der Waals surface area (Å²) in [7, 11) is 3.98. The number of nitrogens with one attached hydrogen (secondary N) is 1. The van der Waals surface area contributed by atoms with Gasteiger partial charge in [-0.25, -0.2) is 0 Å². The van der Waals surface area contributed by atoms with Crippen LogP contribution in [0.4, 0.5) is 0 Å². The van der Waals surface area contributed by atoms with Crippen molar-refractivity contribution in [3.05, 3.63) is 65.5 Å². The Hall–Kier alpha value is -2.53. The van der Waals surface area contributed by atoms with E-state index in [0.717, 1.165) is 5.56 Å². The third kappa shape index (κ3) is 5.80. The molecule has 5 nitrogen and oxygen atoms in total. The fourth-order valence-electron chi connectivity index (χ4n) is 2.59. The first-order valence-electron chi connectivity index (χ1n) is 8.40. The molecular formula is C20H25N3O2. The van der Waals surface area contributed by atoms with Gasteiger partial charge in [-0.1, -0.05) is 29.8 Å². The van der Waals surface area contributed by atoms with Crippen LogP contribution in [0.2, 0.25) is 0 Å². The third-order valence-corrected chi connectivity index (χ3v) is 4.14. The van der Waals surface area contributed by atoms with E-state index in [4.69, 9.17) is 0 Å². The van der Waals surface area contributed by atoms with Crippen LogP contribution >= 0.6 is 0 Å². The Morgan fingerprint density at radius 2 is 1.84 bits per heavy atom. The number of Topliss-reactive ketones (excluding diaryl/α,β-unsaturated/α-hetero) is 1. The molecule has 0 aliphatic carbocycles. The number of pyridine rings is 1. The summed E-state index contributed by atoms with van der Waals surface area (Å²) >= 11 is 0. The first-order chi connectivity index (χ1) is 12.0. The van der Waals surface area contributed by atoms with E-state index < -0.39 is 0 Å². The second-order valence-corrected chi connectivity index (χ2v) is 6.36. The zero-order valence-corrected chi connectivity index (χ0v) is 15.0. The molecule has 25 heavy (non-hydrogen) atoms. The quantitative estimate of drug-likeness (QED) is 0.751. The maximum atomic E-state index is 12.1. The minimum atomic E-state index is -0.115. The maximum Gasteiger partial charge on any atom is 0.220 e. The van der Waals surface area contributed by atoms with Gasteiger partial charge in [-0.2, -0.15) is 0 Å². The molecule has 1 heterocycles. The molecule has 1 aromatic carbocycles. The van der Waals surface area contributed by atoms with Crippen molar-refractivity contribution in [1.82, 2.24) is 15.2 Å². The predicted molar refractivity (Wildman–Crippen MR) is 98.4 cm³/mol. The molecule has 0 saturated heterocycles. The SMILES string of the molecule is Cc1ccc(C(CNC(=O)CCC(=O)c2cccnc2)N(C)C)cc1. The van der Waals surface area contributed by atoms with Gasteiger partial charge >= 0.3 is 0 Å². The van der Waals surface area contributed by atoms with Gasteiger partial charge in [0.1, 0.15) is 0 Å². The Morgan fingerprint density at radius 3 is 2.44 bits per heavy atom. The van der Waals surface area contributed by atoms with Crippen LogP contribution in [0, 0.1) is 6.92 Å².